The lowest BCUT2D eigenvalue weighted by Gasteiger charge is -2.28. The number of hydrogen-bond acceptors (Lipinski definition) is 4. The van der Waals surface area contributed by atoms with Crippen LogP contribution < -0.4 is 4.90 Å². The van der Waals surface area contributed by atoms with Gasteiger partial charge in [0.05, 0.1) is 10.5 Å². The van der Waals surface area contributed by atoms with Crippen LogP contribution in [-0.4, -0.2) is 29.1 Å². The lowest BCUT2D eigenvalue weighted by Crippen LogP contribution is -2.29. The minimum atomic E-state index is -1.08. The summed E-state index contributed by atoms with van der Waals surface area (Å²) in [6.45, 7) is 3.20. The molecule has 6 nitrogen and oxygen atoms in total. The van der Waals surface area contributed by atoms with Crippen LogP contribution in [0.25, 0.3) is 0 Å². The van der Waals surface area contributed by atoms with Gasteiger partial charge in [-0.2, -0.15) is 0 Å². The van der Waals surface area contributed by atoms with Gasteiger partial charge in [0.15, 0.2) is 0 Å². The first-order valence-electron chi connectivity index (χ1n) is 5.91. The molecule has 1 N–H and O–H groups in total. The zero-order valence-electron chi connectivity index (χ0n) is 10.5. The van der Waals surface area contributed by atoms with Crippen LogP contribution in [0, 0.1) is 10.1 Å². The number of carboxylic acid groups (broad SMARTS) is 1. The van der Waals surface area contributed by atoms with E-state index in [9.17, 15) is 14.9 Å². The molecule has 0 aliphatic carbocycles. The minimum Gasteiger partial charge on any atom is -0.478 e. The maximum absolute atomic E-state index is 11.0. The molecule has 1 aliphatic heterocycles. The Labute approximate surface area is 110 Å². The van der Waals surface area contributed by atoms with Gasteiger partial charge in [-0.25, -0.2) is 4.79 Å². The highest BCUT2D eigenvalue weighted by Gasteiger charge is 2.22. The van der Waals surface area contributed by atoms with Crippen LogP contribution in [0.3, 0.4) is 0 Å². The fourth-order valence-corrected chi connectivity index (χ4v) is 2.18. The molecule has 1 aliphatic rings. The van der Waals surface area contributed by atoms with Gasteiger partial charge in [-0.05, 0) is 25.5 Å². The fourth-order valence-electron chi connectivity index (χ4n) is 2.18. The van der Waals surface area contributed by atoms with E-state index in [4.69, 9.17) is 5.11 Å². The summed E-state index contributed by atoms with van der Waals surface area (Å²) in [5, 5.41) is 20.0. The summed E-state index contributed by atoms with van der Waals surface area (Å²) in [5.74, 6) is -1.08. The molecule has 0 bridgehead atoms. The predicted octanol–water partition coefficient (Wildman–Crippen LogP) is 2.45. The second-order valence-corrected chi connectivity index (χ2v) is 4.53. The van der Waals surface area contributed by atoms with Crippen LogP contribution in [-0.2, 0) is 0 Å². The summed E-state index contributed by atoms with van der Waals surface area (Å²) >= 11 is 0. The standard InChI is InChI=1S/C13H14N2O4/c1-9-3-2-6-14(8-9)12-7-10(13(16)17)4-5-11(12)15(18)19/h3-5,7H,2,6,8H2,1H3,(H,16,17). The van der Waals surface area contributed by atoms with E-state index >= 15 is 0 Å². The monoisotopic (exact) mass is 262 g/mol. The van der Waals surface area contributed by atoms with Crippen molar-refractivity contribution in [3.05, 3.63) is 45.5 Å². The first-order chi connectivity index (χ1) is 8.99. The van der Waals surface area contributed by atoms with E-state index < -0.39 is 10.9 Å². The van der Waals surface area contributed by atoms with Crippen molar-refractivity contribution in [2.24, 2.45) is 0 Å². The van der Waals surface area contributed by atoms with Crippen molar-refractivity contribution in [2.45, 2.75) is 13.3 Å². The molecule has 6 heteroatoms. The van der Waals surface area contributed by atoms with Crippen molar-refractivity contribution in [1.82, 2.24) is 0 Å². The zero-order valence-corrected chi connectivity index (χ0v) is 10.5. The fraction of sp³-hybridized carbons (Fsp3) is 0.308. The van der Waals surface area contributed by atoms with Crippen molar-refractivity contribution < 1.29 is 14.8 Å². The Morgan fingerprint density at radius 1 is 1.47 bits per heavy atom. The molecule has 0 radical (unpaired) electrons. The Balaban J connectivity index is 2.46. The first kappa shape index (κ1) is 13.1. The quantitative estimate of drug-likeness (QED) is 0.514. The van der Waals surface area contributed by atoms with Gasteiger partial charge < -0.3 is 10.0 Å². The Bertz CT molecular complexity index is 566. The molecule has 0 spiro atoms. The number of hydrogen-bond donors (Lipinski definition) is 1. The summed E-state index contributed by atoms with van der Waals surface area (Å²) in [6.07, 6.45) is 2.89. The second kappa shape index (κ2) is 5.09. The van der Waals surface area contributed by atoms with E-state index in [2.05, 4.69) is 6.08 Å². The molecule has 0 fully saturated rings. The number of carbonyl (C=O) groups is 1. The van der Waals surface area contributed by atoms with Crippen LogP contribution in [0.4, 0.5) is 11.4 Å². The highest BCUT2D eigenvalue weighted by atomic mass is 16.6. The summed E-state index contributed by atoms with van der Waals surface area (Å²) in [7, 11) is 0. The minimum absolute atomic E-state index is 0.0558. The normalized spacial score (nSPS) is 15.0. The van der Waals surface area contributed by atoms with Crippen molar-refractivity contribution in [2.75, 3.05) is 18.0 Å². The highest BCUT2D eigenvalue weighted by molar-refractivity contribution is 5.90. The molecule has 0 atom stereocenters. The average molecular weight is 262 g/mol. The van der Waals surface area contributed by atoms with E-state index in [1.165, 1.54) is 18.2 Å². The zero-order chi connectivity index (χ0) is 14.0. The Morgan fingerprint density at radius 2 is 2.21 bits per heavy atom. The topological polar surface area (TPSA) is 83.7 Å². The highest BCUT2D eigenvalue weighted by Crippen LogP contribution is 2.31. The predicted molar refractivity (Wildman–Crippen MR) is 70.6 cm³/mol. The lowest BCUT2D eigenvalue weighted by molar-refractivity contribution is -0.384. The van der Waals surface area contributed by atoms with Gasteiger partial charge in [0.25, 0.3) is 5.69 Å². The summed E-state index contributed by atoms with van der Waals surface area (Å²) in [5.41, 5.74) is 1.51. The van der Waals surface area contributed by atoms with Crippen molar-refractivity contribution in [3.8, 4) is 0 Å². The largest absolute Gasteiger partial charge is 0.478 e. The van der Waals surface area contributed by atoms with Gasteiger partial charge in [-0.1, -0.05) is 11.6 Å². The van der Waals surface area contributed by atoms with E-state index in [1.807, 2.05) is 11.8 Å². The van der Waals surface area contributed by atoms with E-state index in [0.29, 0.717) is 18.8 Å². The molecular formula is C13H14N2O4. The number of benzene rings is 1. The third-order valence-electron chi connectivity index (χ3n) is 3.09. The third kappa shape index (κ3) is 2.73. The maximum Gasteiger partial charge on any atom is 0.335 e. The summed E-state index contributed by atoms with van der Waals surface area (Å²) in [6, 6.07) is 3.89. The molecule has 1 heterocycles. The molecule has 0 unspecified atom stereocenters. The number of nitro benzene ring substituents is 1. The molecule has 2 rings (SSSR count). The average Bonchev–Trinajstić information content (AvgIpc) is 2.37. The van der Waals surface area contributed by atoms with Crippen molar-refractivity contribution >= 4 is 17.3 Å². The third-order valence-corrected chi connectivity index (χ3v) is 3.09. The second-order valence-electron chi connectivity index (χ2n) is 4.53. The SMILES string of the molecule is CC1=CCCN(c2cc(C(=O)O)ccc2[N+](=O)[O-])C1. The molecule has 100 valence electrons. The molecule has 1 aromatic carbocycles. The van der Waals surface area contributed by atoms with Gasteiger partial charge in [0.1, 0.15) is 5.69 Å². The Hall–Kier alpha value is -2.37. The first-order valence-corrected chi connectivity index (χ1v) is 5.91. The lowest BCUT2D eigenvalue weighted by atomic mass is 10.1. The van der Waals surface area contributed by atoms with Gasteiger partial charge in [0, 0.05) is 19.2 Å². The number of nitrogens with zero attached hydrogens (tertiary/aromatic N) is 2. The van der Waals surface area contributed by atoms with Crippen molar-refractivity contribution in [3.63, 3.8) is 0 Å². The van der Waals surface area contributed by atoms with Gasteiger partial charge in [-0.15, -0.1) is 0 Å². The van der Waals surface area contributed by atoms with Gasteiger partial charge in [-0.3, -0.25) is 10.1 Å². The summed E-state index contributed by atoms with van der Waals surface area (Å²) < 4.78 is 0. The van der Waals surface area contributed by atoms with E-state index in [0.717, 1.165) is 12.0 Å². The number of nitro groups is 1. The number of rotatable bonds is 3. The molecule has 0 saturated carbocycles. The molecule has 0 aromatic heterocycles. The van der Waals surface area contributed by atoms with Crippen LogP contribution in [0.5, 0.6) is 0 Å². The van der Waals surface area contributed by atoms with Crippen molar-refractivity contribution in [1.29, 1.82) is 0 Å². The molecule has 0 saturated heterocycles. The molecule has 0 amide bonds. The van der Waals surface area contributed by atoms with Crippen LogP contribution in [0.1, 0.15) is 23.7 Å². The van der Waals surface area contributed by atoms with Crippen LogP contribution in [0.15, 0.2) is 29.8 Å². The maximum atomic E-state index is 11.0. The number of carboxylic acids is 1. The summed E-state index contributed by atoms with van der Waals surface area (Å²) in [4.78, 5) is 23.4. The smallest absolute Gasteiger partial charge is 0.335 e. The molecular weight excluding hydrogens is 248 g/mol. The van der Waals surface area contributed by atoms with E-state index in [1.54, 1.807) is 0 Å². The number of anilines is 1. The van der Waals surface area contributed by atoms with Crippen LogP contribution >= 0.6 is 0 Å². The van der Waals surface area contributed by atoms with E-state index in [-0.39, 0.29) is 11.3 Å². The Kier molecular flexibility index (Phi) is 3.50. The number of aromatic carboxylic acids is 1. The van der Waals surface area contributed by atoms with Crippen LogP contribution in [0.2, 0.25) is 0 Å². The van der Waals surface area contributed by atoms with Gasteiger partial charge in [0.2, 0.25) is 0 Å². The Morgan fingerprint density at radius 3 is 2.79 bits per heavy atom. The van der Waals surface area contributed by atoms with Gasteiger partial charge >= 0.3 is 5.97 Å². The molecule has 19 heavy (non-hydrogen) atoms. The molecule has 1 aromatic rings.